The number of hydrogen-bond acceptors (Lipinski definition) is 4. The van der Waals surface area contributed by atoms with E-state index in [4.69, 9.17) is 9.78 Å². The van der Waals surface area contributed by atoms with Crippen molar-refractivity contribution in [3.05, 3.63) is 59.2 Å². The normalized spacial score (nSPS) is 10.4. The van der Waals surface area contributed by atoms with E-state index in [1.54, 1.807) is 0 Å². The molecule has 0 fully saturated rings. The quantitative estimate of drug-likeness (QED) is 0.784. The monoisotopic (exact) mass is 263 g/mol. The minimum atomic E-state index is 0.541. The average molecular weight is 263 g/mol. The van der Waals surface area contributed by atoms with Crippen LogP contribution in [0.25, 0.3) is 11.0 Å². The zero-order valence-electron chi connectivity index (χ0n) is 11.1. The molecular weight excluding hydrogens is 250 g/mol. The molecule has 0 aliphatic carbocycles. The molecule has 0 saturated heterocycles. The van der Waals surface area contributed by atoms with Gasteiger partial charge in [0.2, 0.25) is 0 Å². The van der Waals surface area contributed by atoms with E-state index in [2.05, 4.69) is 16.5 Å². The minimum absolute atomic E-state index is 0.541. The van der Waals surface area contributed by atoms with Crippen LogP contribution in [0.5, 0.6) is 0 Å². The van der Waals surface area contributed by atoms with Gasteiger partial charge in [0.05, 0.1) is 17.0 Å². The fraction of sp³-hybridized carbons (Fsp3) is 0.125. The van der Waals surface area contributed by atoms with Crippen molar-refractivity contribution in [1.82, 2.24) is 5.16 Å². The Morgan fingerprint density at radius 3 is 2.95 bits per heavy atom. The van der Waals surface area contributed by atoms with Crippen LogP contribution in [0.1, 0.15) is 16.7 Å². The molecule has 0 saturated carbocycles. The Labute approximate surface area is 116 Å². The molecule has 0 bridgehead atoms. The molecule has 0 radical (unpaired) electrons. The van der Waals surface area contributed by atoms with Crippen LogP contribution in [0.4, 0.5) is 5.82 Å². The van der Waals surface area contributed by atoms with Crippen molar-refractivity contribution in [2.75, 3.05) is 5.32 Å². The summed E-state index contributed by atoms with van der Waals surface area (Å²) in [6, 6.07) is 15.6. The van der Waals surface area contributed by atoms with Gasteiger partial charge >= 0.3 is 0 Å². The van der Waals surface area contributed by atoms with E-state index in [0.29, 0.717) is 17.9 Å². The lowest BCUT2D eigenvalue weighted by Gasteiger charge is -2.05. The first-order valence-corrected chi connectivity index (χ1v) is 6.36. The summed E-state index contributed by atoms with van der Waals surface area (Å²) in [5, 5.41) is 17.3. The second kappa shape index (κ2) is 5.06. The molecule has 0 amide bonds. The summed E-state index contributed by atoms with van der Waals surface area (Å²) < 4.78 is 5.27. The van der Waals surface area contributed by atoms with E-state index in [1.165, 1.54) is 0 Å². The highest BCUT2D eigenvalue weighted by molar-refractivity contribution is 5.88. The number of benzene rings is 2. The van der Waals surface area contributed by atoms with Crippen molar-refractivity contribution in [3.63, 3.8) is 0 Å². The van der Waals surface area contributed by atoms with Gasteiger partial charge in [0.1, 0.15) is 0 Å². The highest BCUT2D eigenvalue weighted by Gasteiger charge is 2.08. The molecule has 0 unspecified atom stereocenters. The Morgan fingerprint density at radius 2 is 2.10 bits per heavy atom. The maximum absolute atomic E-state index is 9.07. The molecule has 1 heterocycles. The molecule has 0 atom stereocenters. The maximum Gasteiger partial charge on any atom is 0.177 e. The molecule has 3 aromatic rings. The summed E-state index contributed by atoms with van der Waals surface area (Å²) in [6.07, 6.45) is 0. The van der Waals surface area contributed by atoms with Crippen LogP contribution in [0.2, 0.25) is 0 Å². The number of nitriles is 1. The summed E-state index contributed by atoms with van der Waals surface area (Å²) in [5.74, 6) is 0.705. The second-order valence-corrected chi connectivity index (χ2v) is 4.65. The lowest BCUT2D eigenvalue weighted by Crippen LogP contribution is -2.01. The molecule has 2 aromatic carbocycles. The minimum Gasteiger partial charge on any atom is -0.363 e. The van der Waals surface area contributed by atoms with Crippen LogP contribution >= 0.6 is 0 Å². The highest BCUT2D eigenvalue weighted by Crippen LogP contribution is 2.24. The van der Waals surface area contributed by atoms with Gasteiger partial charge in [0.25, 0.3) is 0 Å². The van der Waals surface area contributed by atoms with E-state index >= 15 is 0 Å². The van der Waals surface area contributed by atoms with Crippen molar-refractivity contribution in [2.24, 2.45) is 0 Å². The summed E-state index contributed by atoms with van der Waals surface area (Å²) in [4.78, 5) is 0. The summed E-state index contributed by atoms with van der Waals surface area (Å²) in [6.45, 7) is 2.57. The Bertz CT molecular complexity index is 799. The van der Waals surface area contributed by atoms with Crippen molar-refractivity contribution in [3.8, 4) is 6.07 Å². The first-order chi connectivity index (χ1) is 9.78. The zero-order chi connectivity index (χ0) is 13.9. The van der Waals surface area contributed by atoms with Gasteiger partial charge in [-0.3, -0.25) is 0 Å². The summed E-state index contributed by atoms with van der Waals surface area (Å²) >= 11 is 0. The number of rotatable bonds is 3. The molecule has 0 spiro atoms. The standard InChI is InChI=1S/C16H13N3O/c1-11-6-7-15-14(8-11)16(19-20-15)18-10-13-5-3-2-4-12(13)9-17/h2-8H,10H2,1H3,(H,18,19). The summed E-state index contributed by atoms with van der Waals surface area (Å²) in [5.41, 5.74) is 3.52. The lowest BCUT2D eigenvalue weighted by atomic mass is 10.1. The van der Waals surface area contributed by atoms with E-state index in [9.17, 15) is 0 Å². The molecule has 4 nitrogen and oxygen atoms in total. The first-order valence-electron chi connectivity index (χ1n) is 6.36. The molecule has 0 aliphatic rings. The van der Waals surface area contributed by atoms with Crippen molar-refractivity contribution in [1.29, 1.82) is 5.26 Å². The van der Waals surface area contributed by atoms with Crippen molar-refractivity contribution in [2.45, 2.75) is 13.5 Å². The van der Waals surface area contributed by atoms with E-state index in [1.807, 2.05) is 49.4 Å². The van der Waals surface area contributed by atoms with Gasteiger partial charge < -0.3 is 9.84 Å². The van der Waals surface area contributed by atoms with Crippen LogP contribution in [0, 0.1) is 18.3 Å². The molecule has 1 N–H and O–H groups in total. The largest absolute Gasteiger partial charge is 0.363 e. The average Bonchev–Trinajstić information content (AvgIpc) is 2.87. The Balaban J connectivity index is 1.87. The topological polar surface area (TPSA) is 61.9 Å². The van der Waals surface area contributed by atoms with Crippen LogP contribution in [-0.4, -0.2) is 5.16 Å². The van der Waals surface area contributed by atoms with Gasteiger partial charge in [0.15, 0.2) is 11.4 Å². The third kappa shape index (κ3) is 2.21. The van der Waals surface area contributed by atoms with Gasteiger partial charge in [-0.1, -0.05) is 35.0 Å². The van der Waals surface area contributed by atoms with Gasteiger partial charge in [-0.25, -0.2) is 0 Å². The Hall–Kier alpha value is -2.80. The third-order valence-corrected chi connectivity index (χ3v) is 3.21. The number of nitrogens with one attached hydrogen (secondary N) is 1. The lowest BCUT2D eigenvalue weighted by molar-refractivity contribution is 0.459. The number of nitrogens with zero attached hydrogens (tertiary/aromatic N) is 2. The smallest absolute Gasteiger partial charge is 0.177 e. The molecular formula is C16H13N3O. The van der Waals surface area contributed by atoms with Gasteiger partial charge in [-0.2, -0.15) is 5.26 Å². The molecule has 20 heavy (non-hydrogen) atoms. The number of aryl methyl sites for hydroxylation is 1. The first kappa shape index (κ1) is 12.2. The molecule has 3 rings (SSSR count). The van der Waals surface area contributed by atoms with Gasteiger partial charge in [-0.15, -0.1) is 0 Å². The Kier molecular flexibility index (Phi) is 3.10. The van der Waals surface area contributed by atoms with Gasteiger partial charge in [0, 0.05) is 6.54 Å². The van der Waals surface area contributed by atoms with E-state index in [0.717, 1.165) is 22.1 Å². The number of anilines is 1. The number of fused-ring (bicyclic) bond motifs is 1. The van der Waals surface area contributed by atoms with Gasteiger partial charge in [-0.05, 0) is 30.7 Å². The van der Waals surface area contributed by atoms with Crippen LogP contribution in [0.3, 0.4) is 0 Å². The zero-order valence-corrected chi connectivity index (χ0v) is 11.1. The molecule has 4 heteroatoms. The molecule has 0 aliphatic heterocycles. The van der Waals surface area contributed by atoms with Crippen LogP contribution in [-0.2, 0) is 6.54 Å². The number of aromatic nitrogens is 1. The van der Waals surface area contributed by atoms with Crippen LogP contribution < -0.4 is 5.32 Å². The number of hydrogen-bond donors (Lipinski definition) is 1. The summed E-state index contributed by atoms with van der Waals surface area (Å²) in [7, 11) is 0. The second-order valence-electron chi connectivity index (χ2n) is 4.65. The molecule has 98 valence electrons. The maximum atomic E-state index is 9.07. The highest BCUT2D eigenvalue weighted by atomic mass is 16.5. The predicted molar refractivity (Wildman–Crippen MR) is 77.2 cm³/mol. The van der Waals surface area contributed by atoms with Crippen molar-refractivity contribution >= 4 is 16.8 Å². The van der Waals surface area contributed by atoms with Crippen molar-refractivity contribution < 1.29 is 4.52 Å². The SMILES string of the molecule is Cc1ccc2onc(NCc3ccccc3C#N)c2c1. The Morgan fingerprint density at radius 1 is 1.25 bits per heavy atom. The van der Waals surface area contributed by atoms with Crippen LogP contribution in [0.15, 0.2) is 47.0 Å². The molecule has 1 aromatic heterocycles. The van der Waals surface area contributed by atoms with E-state index < -0.39 is 0 Å². The predicted octanol–water partition coefficient (Wildman–Crippen LogP) is 3.62. The fourth-order valence-electron chi connectivity index (χ4n) is 2.14. The van der Waals surface area contributed by atoms with E-state index in [-0.39, 0.29) is 0 Å². The third-order valence-electron chi connectivity index (χ3n) is 3.21. The fourth-order valence-corrected chi connectivity index (χ4v) is 2.14.